The van der Waals surface area contributed by atoms with E-state index in [2.05, 4.69) is 50.4 Å². The fourth-order valence-corrected chi connectivity index (χ4v) is 3.16. The highest BCUT2D eigenvalue weighted by atomic mass is 32.1. The first kappa shape index (κ1) is 10.7. The van der Waals surface area contributed by atoms with Crippen LogP contribution in [0.3, 0.4) is 0 Å². The van der Waals surface area contributed by atoms with Crippen LogP contribution in [0.1, 0.15) is 39.2 Å². The molecular weight excluding hydrogens is 200 g/mol. The first-order valence-electron chi connectivity index (χ1n) is 5.68. The van der Waals surface area contributed by atoms with Crippen LogP contribution in [0.25, 0.3) is 10.1 Å². The molecule has 1 heteroatoms. The first-order chi connectivity index (χ1) is 7.21. The van der Waals surface area contributed by atoms with Crippen LogP contribution < -0.4 is 0 Å². The normalized spacial score (nSPS) is 12.2. The summed E-state index contributed by atoms with van der Waals surface area (Å²) < 4.78 is 1.48. The molecule has 0 aliphatic rings. The minimum absolute atomic E-state index is 0.338. The highest BCUT2D eigenvalue weighted by molar-refractivity contribution is 7.17. The molecule has 0 spiro atoms. The van der Waals surface area contributed by atoms with Gasteiger partial charge in [0.15, 0.2) is 0 Å². The molecule has 0 N–H and O–H groups in total. The lowest BCUT2D eigenvalue weighted by molar-refractivity contribution is 0.443. The highest BCUT2D eigenvalue weighted by Crippen LogP contribution is 2.37. The van der Waals surface area contributed by atoms with Crippen LogP contribution in [-0.2, 0) is 5.41 Å². The van der Waals surface area contributed by atoms with E-state index in [0.717, 1.165) is 0 Å². The van der Waals surface area contributed by atoms with E-state index in [4.69, 9.17) is 0 Å². The molecule has 0 bridgehead atoms. The van der Waals surface area contributed by atoms with Gasteiger partial charge in [0.1, 0.15) is 0 Å². The summed E-state index contributed by atoms with van der Waals surface area (Å²) in [6.07, 6.45) is 2.42. The van der Waals surface area contributed by atoms with Crippen molar-refractivity contribution >= 4 is 21.4 Å². The molecule has 15 heavy (non-hydrogen) atoms. The molecule has 0 saturated carbocycles. The van der Waals surface area contributed by atoms with Crippen molar-refractivity contribution in [3.8, 4) is 0 Å². The Kier molecular flexibility index (Phi) is 2.83. The predicted octanol–water partition coefficient (Wildman–Crippen LogP) is 4.98. The zero-order chi connectivity index (χ0) is 10.9. The lowest BCUT2D eigenvalue weighted by Crippen LogP contribution is -2.19. The minimum Gasteiger partial charge on any atom is -0.144 e. The number of fused-ring (bicyclic) bond motifs is 1. The molecule has 0 nitrogen and oxygen atoms in total. The van der Waals surface area contributed by atoms with Gasteiger partial charge in [-0.3, -0.25) is 0 Å². The summed E-state index contributed by atoms with van der Waals surface area (Å²) in [5.41, 5.74) is 1.87. The van der Waals surface area contributed by atoms with Crippen LogP contribution in [0, 0.1) is 0 Å². The van der Waals surface area contributed by atoms with Gasteiger partial charge in [0.05, 0.1) is 0 Å². The molecule has 0 atom stereocenters. The van der Waals surface area contributed by atoms with Crippen molar-refractivity contribution in [2.24, 2.45) is 0 Å². The number of benzene rings is 1. The monoisotopic (exact) mass is 218 g/mol. The van der Waals surface area contributed by atoms with Crippen LogP contribution in [0.15, 0.2) is 29.6 Å². The third kappa shape index (κ3) is 1.69. The van der Waals surface area contributed by atoms with Gasteiger partial charge >= 0.3 is 0 Å². The van der Waals surface area contributed by atoms with Crippen molar-refractivity contribution in [3.05, 3.63) is 35.2 Å². The maximum atomic E-state index is 2.38. The van der Waals surface area contributed by atoms with E-state index in [-0.39, 0.29) is 0 Å². The van der Waals surface area contributed by atoms with Gasteiger partial charge in [-0.15, -0.1) is 11.3 Å². The molecule has 0 aliphatic heterocycles. The van der Waals surface area contributed by atoms with Crippen LogP contribution in [0.2, 0.25) is 0 Å². The third-order valence-corrected chi connectivity index (χ3v) is 4.65. The van der Waals surface area contributed by atoms with Gasteiger partial charge in [0.2, 0.25) is 0 Å². The maximum absolute atomic E-state index is 2.38. The number of hydrogen-bond acceptors (Lipinski definition) is 1. The average Bonchev–Trinajstić information content (AvgIpc) is 2.75. The van der Waals surface area contributed by atoms with Crippen molar-refractivity contribution in [1.29, 1.82) is 0 Å². The van der Waals surface area contributed by atoms with E-state index >= 15 is 0 Å². The van der Waals surface area contributed by atoms with E-state index in [1.165, 1.54) is 28.5 Å². The predicted molar refractivity (Wildman–Crippen MR) is 69.8 cm³/mol. The van der Waals surface area contributed by atoms with Crippen LogP contribution >= 0.6 is 11.3 Å². The smallest absolute Gasteiger partial charge is 0.0380 e. The molecule has 0 amide bonds. The minimum atomic E-state index is 0.338. The Hall–Kier alpha value is -0.820. The summed E-state index contributed by atoms with van der Waals surface area (Å²) in [6.45, 7) is 6.95. The Morgan fingerprint density at radius 2 is 1.87 bits per heavy atom. The maximum Gasteiger partial charge on any atom is 0.0380 e. The molecule has 1 heterocycles. The summed E-state index contributed by atoms with van der Waals surface area (Å²) in [5.74, 6) is 0. The summed E-state index contributed by atoms with van der Waals surface area (Å²) in [6, 6.07) is 8.91. The topological polar surface area (TPSA) is 0 Å². The Balaban J connectivity index is 2.64. The number of thiophene rings is 1. The second-order valence-corrected chi connectivity index (χ2v) is 5.33. The van der Waals surface area contributed by atoms with Gasteiger partial charge in [-0.1, -0.05) is 39.0 Å². The lowest BCUT2D eigenvalue weighted by Gasteiger charge is -2.27. The highest BCUT2D eigenvalue weighted by Gasteiger charge is 2.24. The third-order valence-electron chi connectivity index (χ3n) is 3.69. The molecule has 0 fully saturated rings. The van der Waals surface area contributed by atoms with E-state index in [1.807, 2.05) is 11.3 Å². The van der Waals surface area contributed by atoms with Gasteiger partial charge in [-0.25, -0.2) is 0 Å². The molecule has 80 valence electrons. The second kappa shape index (κ2) is 3.97. The fraction of sp³-hybridized carbons (Fsp3) is 0.429. The molecule has 0 aliphatic carbocycles. The van der Waals surface area contributed by atoms with Crippen LogP contribution in [-0.4, -0.2) is 0 Å². The zero-order valence-electron chi connectivity index (χ0n) is 9.71. The summed E-state index contributed by atoms with van der Waals surface area (Å²) in [5, 5.41) is 3.59. The van der Waals surface area contributed by atoms with Gasteiger partial charge in [0.25, 0.3) is 0 Å². The van der Waals surface area contributed by atoms with Gasteiger partial charge in [-0.05, 0) is 40.7 Å². The van der Waals surface area contributed by atoms with Crippen molar-refractivity contribution in [1.82, 2.24) is 0 Å². The number of rotatable bonds is 3. The fourth-order valence-electron chi connectivity index (χ4n) is 2.10. The van der Waals surface area contributed by atoms with Gasteiger partial charge < -0.3 is 0 Å². The average molecular weight is 218 g/mol. The Labute approximate surface area is 95.9 Å². The zero-order valence-corrected chi connectivity index (χ0v) is 10.5. The van der Waals surface area contributed by atoms with Crippen LogP contribution in [0.4, 0.5) is 0 Å². The molecule has 1 aromatic carbocycles. The standard InChI is InChI=1S/C14H18S/c1-4-14(3,5-2)12-8-6-7-11-9-10-15-13(11)12/h6-10H,4-5H2,1-3H3. The Morgan fingerprint density at radius 3 is 2.53 bits per heavy atom. The Morgan fingerprint density at radius 1 is 1.13 bits per heavy atom. The molecule has 0 saturated heterocycles. The first-order valence-corrected chi connectivity index (χ1v) is 6.56. The molecule has 2 rings (SSSR count). The Bertz CT molecular complexity index is 449. The molecular formula is C14H18S. The van der Waals surface area contributed by atoms with E-state index in [9.17, 15) is 0 Å². The second-order valence-electron chi connectivity index (χ2n) is 4.41. The van der Waals surface area contributed by atoms with E-state index < -0.39 is 0 Å². The van der Waals surface area contributed by atoms with E-state index in [0.29, 0.717) is 5.41 Å². The SMILES string of the molecule is CCC(C)(CC)c1cccc2ccsc12. The molecule has 1 aromatic heterocycles. The summed E-state index contributed by atoms with van der Waals surface area (Å²) >= 11 is 1.87. The lowest BCUT2D eigenvalue weighted by atomic mass is 9.77. The molecule has 0 unspecified atom stereocenters. The van der Waals surface area contributed by atoms with Gasteiger partial charge in [0, 0.05) is 4.70 Å². The van der Waals surface area contributed by atoms with Crippen molar-refractivity contribution in [2.75, 3.05) is 0 Å². The van der Waals surface area contributed by atoms with Crippen molar-refractivity contribution in [2.45, 2.75) is 39.0 Å². The summed E-state index contributed by atoms with van der Waals surface area (Å²) in [4.78, 5) is 0. The van der Waals surface area contributed by atoms with Crippen LogP contribution in [0.5, 0.6) is 0 Å². The summed E-state index contributed by atoms with van der Waals surface area (Å²) in [7, 11) is 0. The molecule has 2 aromatic rings. The molecule has 0 radical (unpaired) electrons. The number of hydrogen-bond donors (Lipinski definition) is 0. The van der Waals surface area contributed by atoms with E-state index in [1.54, 1.807) is 0 Å². The van der Waals surface area contributed by atoms with Crippen molar-refractivity contribution < 1.29 is 0 Å². The quantitative estimate of drug-likeness (QED) is 0.681. The van der Waals surface area contributed by atoms with Gasteiger partial charge in [-0.2, -0.15) is 0 Å². The van der Waals surface area contributed by atoms with Crippen molar-refractivity contribution in [3.63, 3.8) is 0 Å². The largest absolute Gasteiger partial charge is 0.144 e.